The van der Waals surface area contributed by atoms with Crippen molar-refractivity contribution >= 4 is 27.3 Å². The third-order valence-electron chi connectivity index (χ3n) is 5.80. The highest BCUT2D eigenvalue weighted by Crippen LogP contribution is 2.37. The van der Waals surface area contributed by atoms with Gasteiger partial charge in [-0.2, -0.15) is 9.29 Å². The fraction of sp³-hybridized carbons (Fsp3) is 0.611. The number of thiophene rings is 1. The average molecular weight is 423 g/mol. The third kappa shape index (κ3) is 3.27. The van der Waals surface area contributed by atoms with Crippen molar-refractivity contribution in [3.63, 3.8) is 0 Å². The van der Waals surface area contributed by atoms with Crippen LogP contribution in [-0.4, -0.2) is 59.8 Å². The van der Waals surface area contributed by atoms with Gasteiger partial charge in [-0.3, -0.25) is 4.79 Å². The fourth-order valence-electron chi connectivity index (χ4n) is 3.61. The number of carbonyl (C=O) groups is 1. The molecule has 5 rings (SSSR count). The van der Waals surface area contributed by atoms with Crippen LogP contribution in [0.3, 0.4) is 0 Å². The number of sulfonamides is 1. The van der Waals surface area contributed by atoms with Crippen LogP contribution in [0, 0.1) is 5.92 Å². The Morgan fingerprint density at radius 2 is 1.89 bits per heavy atom. The molecule has 8 nitrogen and oxygen atoms in total. The lowest BCUT2D eigenvalue weighted by Crippen LogP contribution is -2.50. The van der Waals surface area contributed by atoms with Crippen molar-refractivity contribution in [3.05, 3.63) is 17.3 Å². The Bertz CT molecular complexity index is 983. The molecule has 1 saturated heterocycles. The summed E-state index contributed by atoms with van der Waals surface area (Å²) < 4.78 is 33.1. The summed E-state index contributed by atoms with van der Waals surface area (Å²) in [5.74, 6) is 1.78. The lowest BCUT2D eigenvalue weighted by molar-refractivity contribution is -0.133. The minimum absolute atomic E-state index is 0.169. The number of piperazine rings is 1. The van der Waals surface area contributed by atoms with Crippen molar-refractivity contribution in [3.8, 4) is 11.4 Å². The van der Waals surface area contributed by atoms with Gasteiger partial charge in [-0.25, -0.2) is 8.42 Å². The SMILES string of the molecule is O=C(C1CC1)N1CCN(S(=O)(=O)c2cc(-c3noc(C4CCC4)n3)cs2)CC1. The van der Waals surface area contributed by atoms with Crippen molar-refractivity contribution in [1.29, 1.82) is 0 Å². The number of hydrogen-bond donors (Lipinski definition) is 0. The van der Waals surface area contributed by atoms with E-state index in [1.54, 1.807) is 16.3 Å². The molecule has 2 aliphatic carbocycles. The van der Waals surface area contributed by atoms with Gasteiger partial charge < -0.3 is 9.42 Å². The predicted octanol–water partition coefficient (Wildman–Crippen LogP) is 2.31. The number of rotatable bonds is 5. The Labute approximate surface area is 167 Å². The highest BCUT2D eigenvalue weighted by molar-refractivity contribution is 7.91. The average Bonchev–Trinajstić information content (AvgIpc) is 3.18. The molecule has 150 valence electrons. The second-order valence-electron chi connectivity index (χ2n) is 7.74. The van der Waals surface area contributed by atoms with Crippen LogP contribution in [0.25, 0.3) is 11.4 Å². The maximum absolute atomic E-state index is 13.0. The van der Waals surface area contributed by atoms with Gasteiger partial charge >= 0.3 is 0 Å². The number of aromatic nitrogens is 2. The van der Waals surface area contributed by atoms with E-state index in [0.29, 0.717) is 49.4 Å². The van der Waals surface area contributed by atoms with Crippen LogP contribution in [0.5, 0.6) is 0 Å². The highest BCUT2D eigenvalue weighted by atomic mass is 32.2. The van der Waals surface area contributed by atoms with Crippen LogP contribution >= 0.6 is 11.3 Å². The van der Waals surface area contributed by atoms with Crippen molar-refractivity contribution in [2.75, 3.05) is 26.2 Å². The summed E-state index contributed by atoms with van der Waals surface area (Å²) in [7, 11) is -3.58. The molecule has 0 atom stereocenters. The Morgan fingerprint density at radius 3 is 2.54 bits per heavy atom. The van der Waals surface area contributed by atoms with E-state index in [4.69, 9.17) is 4.52 Å². The molecule has 28 heavy (non-hydrogen) atoms. The topological polar surface area (TPSA) is 96.6 Å². The smallest absolute Gasteiger partial charge is 0.252 e. The second-order valence-corrected chi connectivity index (χ2v) is 10.8. The molecular formula is C18H22N4O4S2. The standard InChI is InChI=1S/C18H22N4O4S2/c23-18(13-4-5-13)21-6-8-22(9-7-21)28(24,25)15-10-14(11-27-15)16-19-17(26-20-16)12-2-1-3-12/h10-13H,1-9H2. The molecule has 0 aromatic carbocycles. The first-order valence-corrected chi connectivity index (χ1v) is 12.1. The third-order valence-corrected chi connectivity index (χ3v) is 9.11. The van der Waals surface area contributed by atoms with E-state index in [0.717, 1.165) is 25.7 Å². The van der Waals surface area contributed by atoms with E-state index in [-0.39, 0.29) is 16.0 Å². The molecular weight excluding hydrogens is 400 g/mol. The normalized spacial score (nSPS) is 21.6. The van der Waals surface area contributed by atoms with Crippen LogP contribution in [0.1, 0.15) is 43.9 Å². The summed E-state index contributed by atoms with van der Waals surface area (Å²) >= 11 is 1.17. The van der Waals surface area contributed by atoms with Gasteiger partial charge in [0, 0.05) is 49.0 Å². The lowest BCUT2D eigenvalue weighted by atomic mass is 9.85. The molecule has 3 aliphatic rings. The molecule has 0 N–H and O–H groups in total. The van der Waals surface area contributed by atoms with Crippen molar-refractivity contribution in [1.82, 2.24) is 19.3 Å². The molecule has 0 radical (unpaired) electrons. The van der Waals surface area contributed by atoms with Crippen molar-refractivity contribution < 1.29 is 17.7 Å². The molecule has 2 saturated carbocycles. The first-order chi connectivity index (χ1) is 13.5. The van der Waals surface area contributed by atoms with Crippen molar-refractivity contribution in [2.45, 2.75) is 42.2 Å². The number of nitrogens with zero attached hydrogens (tertiary/aromatic N) is 4. The van der Waals surface area contributed by atoms with Gasteiger partial charge in [0.25, 0.3) is 10.0 Å². The van der Waals surface area contributed by atoms with E-state index < -0.39 is 10.0 Å². The van der Waals surface area contributed by atoms with E-state index in [9.17, 15) is 13.2 Å². The van der Waals surface area contributed by atoms with Crippen molar-refractivity contribution in [2.24, 2.45) is 5.92 Å². The van der Waals surface area contributed by atoms with Crippen LogP contribution < -0.4 is 0 Å². The quantitative estimate of drug-likeness (QED) is 0.734. The Morgan fingerprint density at radius 1 is 1.14 bits per heavy atom. The number of hydrogen-bond acceptors (Lipinski definition) is 7. The Kier molecular flexibility index (Phi) is 4.52. The maximum Gasteiger partial charge on any atom is 0.252 e. The maximum atomic E-state index is 13.0. The first kappa shape index (κ1) is 18.3. The van der Waals surface area contributed by atoms with Crippen LogP contribution in [0.2, 0.25) is 0 Å². The van der Waals surface area contributed by atoms with E-state index in [2.05, 4.69) is 10.1 Å². The number of amides is 1. The van der Waals surface area contributed by atoms with Gasteiger partial charge in [-0.15, -0.1) is 11.3 Å². The Hall–Kier alpha value is -1.78. The molecule has 0 spiro atoms. The van der Waals surface area contributed by atoms with Gasteiger partial charge in [0.1, 0.15) is 4.21 Å². The first-order valence-electron chi connectivity index (χ1n) is 9.74. The lowest BCUT2D eigenvalue weighted by Gasteiger charge is -2.33. The van der Waals surface area contributed by atoms with Crippen LogP contribution in [0.4, 0.5) is 0 Å². The molecule has 1 aliphatic heterocycles. The van der Waals surface area contributed by atoms with E-state index in [1.807, 2.05) is 0 Å². The minimum atomic E-state index is -3.58. The number of carbonyl (C=O) groups excluding carboxylic acids is 1. The molecule has 1 amide bonds. The fourth-order valence-corrected chi connectivity index (χ4v) is 6.34. The monoisotopic (exact) mass is 422 g/mol. The molecule has 10 heteroatoms. The van der Waals surface area contributed by atoms with Crippen LogP contribution in [0.15, 0.2) is 20.2 Å². The summed E-state index contributed by atoms with van der Waals surface area (Å²) in [6, 6.07) is 1.62. The van der Waals surface area contributed by atoms with Crippen LogP contribution in [-0.2, 0) is 14.8 Å². The molecule has 0 bridgehead atoms. The summed E-state index contributed by atoms with van der Waals surface area (Å²) in [5, 5.41) is 5.78. The largest absolute Gasteiger partial charge is 0.340 e. The molecule has 0 unspecified atom stereocenters. The zero-order valence-electron chi connectivity index (χ0n) is 15.4. The minimum Gasteiger partial charge on any atom is -0.340 e. The second kappa shape index (κ2) is 6.93. The summed E-state index contributed by atoms with van der Waals surface area (Å²) in [5.41, 5.74) is 0.667. The van der Waals surface area contributed by atoms with Gasteiger partial charge in [0.05, 0.1) is 0 Å². The molecule has 2 aromatic heterocycles. The van der Waals surface area contributed by atoms with Gasteiger partial charge in [0.2, 0.25) is 17.6 Å². The Balaban J connectivity index is 1.28. The van der Waals surface area contributed by atoms with Gasteiger partial charge in [-0.05, 0) is 31.7 Å². The van der Waals surface area contributed by atoms with Gasteiger partial charge in [0.15, 0.2) is 0 Å². The zero-order chi connectivity index (χ0) is 19.3. The molecule has 3 heterocycles. The molecule has 2 aromatic rings. The summed E-state index contributed by atoms with van der Waals surface area (Å²) in [6.45, 7) is 1.59. The van der Waals surface area contributed by atoms with E-state index >= 15 is 0 Å². The highest BCUT2D eigenvalue weighted by Gasteiger charge is 2.37. The van der Waals surface area contributed by atoms with Gasteiger partial charge in [-0.1, -0.05) is 11.6 Å². The zero-order valence-corrected chi connectivity index (χ0v) is 17.0. The van der Waals surface area contributed by atoms with E-state index in [1.165, 1.54) is 22.1 Å². The summed E-state index contributed by atoms with van der Waals surface area (Å²) in [6.07, 6.45) is 5.25. The molecule has 3 fully saturated rings. The predicted molar refractivity (Wildman–Crippen MR) is 102 cm³/mol. The summed E-state index contributed by atoms with van der Waals surface area (Å²) in [4.78, 5) is 18.4.